The first kappa shape index (κ1) is 23.7. The Morgan fingerprint density at radius 2 is 1.58 bits per heavy atom. The van der Waals surface area contributed by atoms with Gasteiger partial charge in [-0.15, -0.1) is 0 Å². The molecule has 0 spiro atoms. The molecule has 1 N–H and O–H groups in total. The Hall–Kier alpha value is -1.95. The second kappa shape index (κ2) is 8.89. The van der Waals surface area contributed by atoms with Crippen LogP contribution in [0.25, 0.3) is 0 Å². The lowest BCUT2D eigenvalue weighted by Crippen LogP contribution is -2.44. The molecule has 0 amide bonds. The zero-order valence-corrected chi connectivity index (χ0v) is 18.4. The Morgan fingerprint density at radius 1 is 0.968 bits per heavy atom. The molecular formula is C20H23F3N2O4S2. The first-order chi connectivity index (χ1) is 14.4. The highest BCUT2D eigenvalue weighted by molar-refractivity contribution is 7.93. The smallest absolute Gasteiger partial charge is 0.299 e. The zero-order valence-electron chi connectivity index (χ0n) is 16.8. The zero-order chi connectivity index (χ0) is 22.9. The number of hydrogen-bond donors (Lipinski definition) is 1. The number of hydrogen-bond acceptors (Lipinski definition) is 5. The molecule has 0 aromatic heterocycles. The molecule has 1 aliphatic heterocycles. The van der Waals surface area contributed by atoms with Gasteiger partial charge in [-0.2, -0.15) is 13.2 Å². The number of rotatable bonds is 6. The summed E-state index contributed by atoms with van der Waals surface area (Å²) in [6.07, 6.45) is -2.53. The van der Waals surface area contributed by atoms with Crippen molar-refractivity contribution in [3.8, 4) is 0 Å². The summed E-state index contributed by atoms with van der Waals surface area (Å²) in [6.45, 7) is 1.33. The van der Waals surface area contributed by atoms with Crippen molar-refractivity contribution in [2.45, 2.75) is 41.4 Å². The molecule has 0 atom stereocenters. The first-order valence-corrected chi connectivity index (χ1v) is 12.9. The molecular weight excluding hydrogens is 453 g/mol. The number of piperidine rings is 1. The van der Waals surface area contributed by atoms with Crippen molar-refractivity contribution in [3.63, 3.8) is 0 Å². The molecule has 3 rings (SSSR count). The van der Waals surface area contributed by atoms with Crippen LogP contribution in [0.15, 0.2) is 58.3 Å². The summed E-state index contributed by atoms with van der Waals surface area (Å²) in [5.41, 5.74) is -0.159. The highest BCUT2D eigenvalue weighted by Crippen LogP contribution is 2.30. The van der Waals surface area contributed by atoms with Gasteiger partial charge in [-0.25, -0.2) is 21.6 Å². The largest absolute Gasteiger partial charge is 0.416 e. The van der Waals surface area contributed by atoms with E-state index < -0.39 is 37.6 Å². The molecule has 2 aromatic rings. The van der Waals surface area contributed by atoms with Crippen molar-refractivity contribution >= 4 is 19.9 Å². The molecule has 2 aromatic carbocycles. The fraction of sp³-hybridized carbons (Fsp3) is 0.400. The lowest BCUT2D eigenvalue weighted by atomic mass is 10.0. The van der Waals surface area contributed by atoms with Gasteiger partial charge in [0.1, 0.15) is 4.90 Å². The third kappa shape index (κ3) is 6.06. The van der Waals surface area contributed by atoms with Gasteiger partial charge in [0.2, 0.25) is 10.0 Å². The van der Waals surface area contributed by atoms with Crippen molar-refractivity contribution in [2.75, 3.05) is 19.3 Å². The number of sulfonamides is 1. The summed E-state index contributed by atoms with van der Waals surface area (Å²) in [4.78, 5) is 1.42. The second-order valence-electron chi connectivity index (χ2n) is 7.59. The predicted octanol–water partition coefficient (Wildman–Crippen LogP) is 3.05. The van der Waals surface area contributed by atoms with Crippen LogP contribution in [0.5, 0.6) is 0 Å². The van der Waals surface area contributed by atoms with Gasteiger partial charge in [0, 0.05) is 31.9 Å². The van der Waals surface area contributed by atoms with Crippen LogP contribution in [0.4, 0.5) is 13.2 Å². The Morgan fingerprint density at radius 3 is 2.16 bits per heavy atom. The summed E-state index contributed by atoms with van der Waals surface area (Å²) in [6, 6.07) is 10.2. The minimum absolute atomic E-state index is 0.260. The molecule has 0 aliphatic carbocycles. The maximum Gasteiger partial charge on any atom is 0.416 e. The number of likely N-dealkylation sites (tertiary alicyclic amines) is 1. The number of halogens is 3. The predicted molar refractivity (Wildman–Crippen MR) is 110 cm³/mol. The van der Waals surface area contributed by atoms with Gasteiger partial charge in [0.15, 0.2) is 9.84 Å². The van der Waals surface area contributed by atoms with E-state index >= 15 is 0 Å². The van der Waals surface area contributed by atoms with E-state index in [2.05, 4.69) is 4.72 Å². The maximum atomic E-state index is 12.9. The average molecular weight is 477 g/mol. The third-order valence-electron chi connectivity index (χ3n) is 5.11. The molecule has 31 heavy (non-hydrogen) atoms. The Balaban J connectivity index is 1.63. The van der Waals surface area contributed by atoms with Crippen LogP contribution in [-0.4, -0.2) is 47.1 Å². The molecule has 0 bridgehead atoms. The van der Waals surface area contributed by atoms with E-state index in [0.717, 1.165) is 18.4 Å². The van der Waals surface area contributed by atoms with Crippen LogP contribution in [0.1, 0.15) is 24.0 Å². The fourth-order valence-electron chi connectivity index (χ4n) is 3.57. The Kier molecular flexibility index (Phi) is 6.80. The highest BCUT2D eigenvalue weighted by atomic mass is 32.2. The molecule has 0 radical (unpaired) electrons. The summed E-state index contributed by atoms with van der Waals surface area (Å²) in [5, 5.41) is 0. The van der Waals surface area contributed by atoms with Gasteiger partial charge in [0.05, 0.1) is 10.5 Å². The molecule has 1 fully saturated rings. The molecule has 6 nitrogen and oxygen atoms in total. The Labute approximate surface area is 180 Å². The van der Waals surface area contributed by atoms with Crippen molar-refractivity contribution in [2.24, 2.45) is 0 Å². The highest BCUT2D eigenvalue weighted by Gasteiger charge is 2.31. The summed E-state index contributed by atoms with van der Waals surface area (Å²) >= 11 is 0. The van der Waals surface area contributed by atoms with E-state index in [4.69, 9.17) is 0 Å². The van der Waals surface area contributed by atoms with Gasteiger partial charge in [-0.3, -0.25) is 4.90 Å². The first-order valence-electron chi connectivity index (χ1n) is 9.56. The van der Waals surface area contributed by atoms with Crippen LogP contribution >= 0.6 is 0 Å². The van der Waals surface area contributed by atoms with E-state index in [1.807, 2.05) is 4.90 Å². The van der Waals surface area contributed by atoms with Crippen molar-refractivity contribution in [1.82, 2.24) is 9.62 Å². The van der Waals surface area contributed by atoms with Crippen LogP contribution < -0.4 is 4.72 Å². The molecule has 1 saturated heterocycles. The normalized spacial score (nSPS) is 17.0. The van der Waals surface area contributed by atoms with Gasteiger partial charge in [-0.05, 0) is 36.6 Å². The SMILES string of the molecule is CS(=O)(=O)c1ccccc1S(=O)(=O)NC1CCN(Cc2cccc(C(F)(F)F)c2)CC1. The molecule has 170 valence electrons. The van der Waals surface area contributed by atoms with Gasteiger partial charge in [-0.1, -0.05) is 30.3 Å². The summed E-state index contributed by atoms with van der Waals surface area (Å²) < 4.78 is 90.6. The number of sulfone groups is 1. The Bertz CT molecular complexity index is 1140. The van der Waals surface area contributed by atoms with E-state index in [1.54, 1.807) is 6.07 Å². The minimum Gasteiger partial charge on any atom is -0.299 e. The summed E-state index contributed by atoms with van der Waals surface area (Å²) in [5.74, 6) is 0. The summed E-state index contributed by atoms with van der Waals surface area (Å²) in [7, 11) is -7.77. The quantitative estimate of drug-likeness (QED) is 0.693. The topological polar surface area (TPSA) is 83.5 Å². The van der Waals surface area contributed by atoms with Gasteiger partial charge < -0.3 is 0 Å². The molecule has 0 saturated carbocycles. The van der Waals surface area contributed by atoms with E-state index in [9.17, 15) is 30.0 Å². The monoisotopic (exact) mass is 476 g/mol. The average Bonchev–Trinajstić information content (AvgIpc) is 2.68. The standard InChI is InChI=1S/C20H23F3N2O4S2/c1-30(26,27)18-7-2-3-8-19(18)31(28,29)24-17-9-11-25(12-10-17)14-15-5-4-6-16(13-15)20(21,22)23/h2-8,13,17,24H,9-12,14H2,1H3. The van der Waals surface area contributed by atoms with Crippen LogP contribution in [0, 0.1) is 0 Å². The molecule has 1 heterocycles. The van der Waals surface area contributed by atoms with Crippen LogP contribution in [-0.2, 0) is 32.6 Å². The van der Waals surface area contributed by atoms with E-state index in [1.165, 1.54) is 30.3 Å². The van der Waals surface area contributed by atoms with E-state index in [0.29, 0.717) is 38.0 Å². The van der Waals surface area contributed by atoms with Crippen LogP contribution in [0.2, 0.25) is 0 Å². The van der Waals surface area contributed by atoms with Crippen LogP contribution in [0.3, 0.4) is 0 Å². The van der Waals surface area contributed by atoms with E-state index in [-0.39, 0.29) is 9.79 Å². The van der Waals surface area contributed by atoms with Gasteiger partial charge in [0.25, 0.3) is 0 Å². The van der Waals surface area contributed by atoms with Gasteiger partial charge >= 0.3 is 6.18 Å². The number of nitrogens with one attached hydrogen (secondary N) is 1. The molecule has 11 heteroatoms. The fourth-order valence-corrected chi connectivity index (χ4v) is 6.51. The minimum atomic E-state index is -4.40. The number of benzene rings is 2. The lowest BCUT2D eigenvalue weighted by Gasteiger charge is -2.32. The van der Waals surface area contributed by atoms with Crippen molar-refractivity contribution in [1.29, 1.82) is 0 Å². The second-order valence-corrected chi connectivity index (χ2v) is 11.3. The molecule has 0 unspecified atom stereocenters. The van der Waals surface area contributed by atoms with Crippen molar-refractivity contribution in [3.05, 3.63) is 59.7 Å². The lowest BCUT2D eigenvalue weighted by molar-refractivity contribution is -0.137. The molecule has 1 aliphatic rings. The number of nitrogens with zero attached hydrogens (tertiary/aromatic N) is 1. The maximum absolute atomic E-state index is 12.9. The number of alkyl halides is 3. The van der Waals surface area contributed by atoms with Crippen molar-refractivity contribution < 1.29 is 30.0 Å². The third-order valence-corrected chi connectivity index (χ3v) is 7.97.